The number of hydrogen-bond acceptors (Lipinski definition) is 2. The summed E-state index contributed by atoms with van der Waals surface area (Å²) in [6.45, 7) is 4.07. The van der Waals surface area contributed by atoms with E-state index in [9.17, 15) is 0 Å². The zero-order chi connectivity index (χ0) is 10.1. The molecule has 1 aromatic carbocycles. The third-order valence-electron chi connectivity index (χ3n) is 2.42. The topological polar surface area (TPSA) is 39.2 Å². The fraction of sp³-hybridized carbons (Fsp3) is 0.167. The molecule has 1 heterocycles. The predicted molar refractivity (Wildman–Crippen MR) is 58.0 cm³/mol. The van der Waals surface area contributed by atoms with Gasteiger partial charge in [-0.15, -0.1) is 0 Å². The molecule has 2 rings (SSSR count). The molecule has 0 aliphatic heterocycles. The molecule has 1 aromatic heterocycles. The molecule has 14 heavy (non-hydrogen) atoms. The highest BCUT2D eigenvalue weighted by Crippen LogP contribution is 2.28. The summed E-state index contributed by atoms with van der Waals surface area (Å²) in [6, 6.07) is 6.05. The maximum absolute atomic E-state index is 5.90. The molecule has 0 aliphatic carbocycles. The van der Waals surface area contributed by atoms with Crippen molar-refractivity contribution in [2.75, 3.05) is 5.73 Å². The van der Waals surface area contributed by atoms with E-state index in [-0.39, 0.29) is 0 Å². The first-order valence-electron chi connectivity index (χ1n) is 4.58. The molecule has 2 aromatic rings. The Morgan fingerprint density at radius 2 is 2.00 bits per heavy atom. The molecule has 0 fully saturated rings. The second-order valence-electron chi connectivity index (χ2n) is 3.54. The van der Waals surface area contributed by atoms with Gasteiger partial charge in [-0.3, -0.25) is 0 Å². The Balaban J connectivity index is 2.64. The predicted octanol–water partition coefficient (Wildman–Crippen LogP) is 3.15. The Hall–Kier alpha value is -1.70. The van der Waals surface area contributed by atoms with E-state index < -0.39 is 0 Å². The first-order chi connectivity index (χ1) is 6.68. The second-order valence-corrected chi connectivity index (χ2v) is 3.54. The molecule has 0 saturated carbocycles. The summed E-state index contributed by atoms with van der Waals surface area (Å²) >= 11 is 0. The van der Waals surface area contributed by atoms with Gasteiger partial charge in [0.05, 0.1) is 12.5 Å². The van der Waals surface area contributed by atoms with E-state index >= 15 is 0 Å². The molecule has 0 spiro atoms. The number of nitrogen functional groups attached to an aromatic ring is 1. The van der Waals surface area contributed by atoms with Crippen LogP contribution in [-0.2, 0) is 0 Å². The number of aryl methyl sites for hydroxylation is 1. The van der Waals surface area contributed by atoms with Gasteiger partial charge in [0.1, 0.15) is 0 Å². The van der Waals surface area contributed by atoms with Crippen LogP contribution in [0.4, 0.5) is 5.69 Å². The van der Waals surface area contributed by atoms with E-state index in [4.69, 9.17) is 10.2 Å². The molecule has 72 valence electrons. The van der Waals surface area contributed by atoms with Gasteiger partial charge in [-0.2, -0.15) is 0 Å². The monoisotopic (exact) mass is 187 g/mol. The Labute approximate surface area is 83.4 Å². The molecule has 2 nitrogen and oxygen atoms in total. The summed E-state index contributed by atoms with van der Waals surface area (Å²) in [5.41, 5.74) is 11.2. The highest BCUT2D eigenvalue weighted by atomic mass is 16.3. The molecule has 0 bridgehead atoms. The van der Waals surface area contributed by atoms with Crippen molar-refractivity contribution in [3.8, 4) is 11.1 Å². The number of anilines is 1. The van der Waals surface area contributed by atoms with Gasteiger partial charge in [0.15, 0.2) is 0 Å². The Morgan fingerprint density at radius 3 is 2.64 bits per heavy atom. The van der Waals surface area contributed by atoms with Crippen molar-refractivity contribution in [3.63, 3.8) is 0 Å². The summed E-state index contributed by atoms with van der Waals surface area (Å²) in [7, 11) is 0. The first kappa shape index (κ1) is 8.88. The van der Waals surface area contributed by atoms with E-state index in [0.29, 0.717) is 0 Å². The standard InChI is InChI=1S/C12H13NO/c1-8-5-11(9(2)12(13)6-8)10-3-4-14-7-10/h3-7H,13H2,1-2H3. The fourth-order valence-corrected chi connectivity index (χ4v) is 1.60. The average Bonchev–Trinajstić information content (AvgIpc) is 2.63. The number of hydrogen-bond donors (Lipinski definition) is 1. The van der Waals surface area contributed by atoms with Gasteiger partial charge in [-0.25, -0.2) is 0 Å². The van der Waals surface area contributed by atoms with Crippen LogP contribution in [-0.4, -0.2) is 0 Å². The number of benzene rings is 1. The highest BCUT2D eigenvalue weighted by molar-refractivity contribution is 5.73. The van der Waals surface area contributed by atoms with E-state index in [1.165, 1.54) is 5.56 Å². The Morgan fingerprint density at radius 1 is 1.21 bits per heavy atom. The van der Waals surface area contributed by atoms with Crippen molar-refractivity contribution >= 4 is 5.69 Å². The molecule has 0 atom stereocenters. The molecule has 2 N–H and O–H groups in total. The molecule has 0 unspecified atom stereocenters. The number of rotatable bonds is 1. The van der Waals surface area contributed by atoms with Crippen molar-refractivity contribution < 1.29 is 4.42 Å². The second kappa shape index (κ2) is 3.22. The van der Waals surface area contributed by atoms with Crippen LogP contribution in [0.25, 0.3) is 11.1 Å². The van der Waals surface area contributed by atoms with Crippen LogP contribution < -0.4 is 5.73 Å². The van der Waals surface area contributed by atoms with E-state index in [2.05, 4.69) is 6.07 Å². The minimum absolute atomic E-state index is 0.834. The van der Waals surface area contributed by atoms with Crippen molar-refractivity contribution in [2.24, 2.45) is 0 Å². The minimum atomic E-state index is 0.834. The third-order valence-corrected chi connectivity index (χ3v) is 2.42. The lowest BCUT2D eigenvalue weighted by molar-refractivity contribution is 0.568. The smallest absolute Gasteiger partial charge is 0.0981 e. The van der Waals surface area contributed by atoms with Crippen molar-refractivity contribution in [2.45, 2.75) is 13.8 Å². The van der Waals surface area contributed by atoms with Gasteiger partial charge in [0, 0.05) is 11.3 Å². The number of nitrogens with two attached hydrogens (primary N) is 1. The van der Waals surface area contributed by atoms with Crippen LogP contribution in [0, 0.1) is 13.8 Å². The fourth-order valence-electron chi connectivity index (χ4n) is 1.60. The van der Waals surface area contributed by atoms with Gasteiger partial charge >= 0.3 is 0 Å². The van der Waals surface area contributed by atoms with Crippen LogP contribution in [0.2, 0.25) is 0 Å². The van der Waals surface area contributed by atoms with Crippen LogP contribution >= 0.6 is 0 Å². The first-order valence-corrected chi connectivity index (χ1v) is 4.58. The Kier molecular flexibility index (Phi) is 2.04. The molecule has 2 heteroatoms. The SMILES string of the molecule is Cc1cc(N)c(C)c(-c2ccoc2)c1. The van der Waals surface area contributed by atoms with Gasteiger partial charge in [0.2, 0.25) is 0 Å². The van der Waals surface area contributed by atoms with Crippen molar-refractivity contribution in [3.05, 3.63) is 41.9 Å². The van der Waals surface area contributed by atoms with Crippen LogP contribution in [0.3, 0.4) is 0 Å². The van der Waals surface area contributed by atoms with Gasteiger partial charge in [-0.1, -0.05) is 6.07 Å². The number of furan rings is 1. The van der Waals surface area contributed by atoms with Crippen molar-refractivity contribution in [1.29, 1.82) is 0 Å². The lowest BCUT2D eigenvalue weighted by Gasteiger charge is -2.08. The third kappa shape index (κ3) is 1.39. The molecular weight excluding hydrogens is 174 g/mol. The molecule has 0 aliphatic rings. The highest BCUT2D eigenvalue weighted by Gasteiger charge is 2.06. The van der Waals surface area contributed by atoms with Crippen LogP contribution in [0.5, 0.6) is 0 Å². The van der Waals surface area contributed by atoms with E-state index in [1.807, 2.05) is 26.0 Å². The lowest BCUT2D eigenvalue weighted by atomic mass is 9.99. The lowest BCUT2D eigenvalue weighted by Crippen LogP contribution is -1.93. The van der Waals surface area contributed by atoms with Gasteiger partial charge < -0.3 is 10.2 Å². The minimum Gasteiger partial charge on any atom is -0.472 e. The summed E-state index contributed by atoms with van der Waals surface area (Å²) in [6.07, 6.45) is 3.41. The zero-order valence-corrected chi connectivity index (χ0v) is 8.37. The normalized spacial score (nSPS) is 10.4. The summed E-state index contributed by atoms with van der Waals surface area (Å²) in [4.78, 5) is 0. The van der Waals surface area contributed by atoms with Gasteiger partial charge in [-0.05, 0) is 42.7 Å². The average molecular weight is 187 g/mol. The zero-order valence-electron chi connectivity index (χ0n) is 8.37. The molecule has 0 amide bonds. The summed E-state index contributed by atoms with van der Waals surface area (Å²) in [5, 5.41) is 0. The van der Waals surface area contributed by atoms with E-state index in [1.54, 1.807) is 12.5 Å². The molecule has 0 radical (unpaired) electrons. The van der Waals surface area contributed by atoms with Crippen LogP contribution in [0.1, 0.15) is 11.1 Å². The quantitative estimate of drug-likeness (QED) is 0.696. The van der Waals surface area contributed by atoms with Crippen molar-refractivity contribution in [1.82, 2.24) is 0 Å². The maximum Gasteiger partial charge on any atom is 0.0981 e. The Bertz CT molecular complexity index is 444. The van der Waals surface area contributed by atoms with Gasteiger partial charge in [0.25, 0.3) is 0 Å². The molecule has 0 saturated heterocycles. The van der Waals surface area contributed by atoms with Crippen LogP contribution in [0.15, 0.2) is 35.1 Å². The molecular formula is C12H13NO. The van der Waals surface area contributed by atoms with E-state index in [0.717, 1.165) is 22.4 Å². The largest absolute Gasteiger partial charge is 0.472 e. The summed E-state index contributed by atoms with van der Waals surface area (Å²) in [5.74, 6) is 0. The maximum atomic E-state index is 5.90. The summed E-state index contributed by atoms with van der Waals surface area (Å²) < 4.78 is 5.06.